The molecular weight excluding hydrogens is 306 g/mol. The van der Waals surface area contributed by atoms with Gasteiger partial charge in [-0.2, -0.15) is 0 Å². The number of hydrogen-bond acceptors (Lipinski definition) is 4. The monoisotopic (exact) mass is 329 g/mol. The van der Waals surface area contributed by atoms with Gasteiger partial charge in [-0.3, -0.25) is 4.79 Å². The van der Waals surface area contributed by atoms with E-state index in [1.807, 2.05) is 0 Å². The standard InChI is InChI=1S/C16H24ClNO4/c1-11(2)5-8-22-15-13(17)9-12(10-14(15)21-3)16(20)18-6-4-7-19/h9-11,19H,4-8H2,1-3H3,(H,18,20). The fraction of sp³-hybridized carbons (Fsp3) is 0.562. The third kappa shape index (κ3) is 5.73. The smallest absolute Gasteiger partial charge is 0.251 e. The molecule has 1 aromatic rings. The van der Waals surface area contributed by atoms with Crippen LogP contribution in [0, 0.1) is 5.92 Å². The number of rotatable bonds is 9. The van der Waals surface area contributed by atoms with Crippen LogP contribution < -0.4 is 14.8 Å². The minimum absolute atomic E-state index is 0.0347. The van der Waals surface area contributed by atoms with Crippen LogP contribution in [0.15, 0.2) is 12.1 Å². The van der Waals surface area contributed by atoms with Crippen LogP contribution in [-0.2, 0) is 0 Å². The van der Waals surface area contributed by atoms with Crippen LogP contribution in [-0.4, -0.2) is 37.9 Å². The lowest BCUT2D eigenvalue weighted by atomic mass is 10.1. The van der Waals surface area contributed by atoms with E-state index in [-0.39, 0.29) is 12.5 Å². The van der Waals surface area contributed by atoms with Crippen molar-refractivity contribution >= 4 is 17.5 Å². The maximum absolute atomic E-state index is 12.0. The minimum atomic E-state index is -0.262. The number of carbonyl (C=O) groups is 1. The molecule has 0 spiro atoms. The van der Waals surface area contributed by atoms with Gasteiger partial charge in [0.2, 0.25) is 0 Å². The predicted molar refractivity (Wildman–Crippen MR) is 87.0 cm³/mol. The van der Waals surface area contributed by atoms with Crippen LogP contribution in [0.5, 0.6) is 11.5 Å². The summed E-state index contributed by atoms with van der Waals surface area (Å²) in [6.45, 7) is 5.20. The van der Waals surface area contributed by atoms with Gasteiger partial charge in [0, 0.05) is 18.7 Å². The summed E-state index contributed by atoms with van der Waals surface area (Å²) in [5.41, 5.74) is 0.399. The number of methoxy groups -OCH3 is 1. The molecule has 1 rings (SSSR count). The summed E-state index contributed by atoms with van der Waals surface area (Å²) in [7, 11) is 1.51. The zero-order valence-corrected chi connectivity index (χ0v) is 14.1. The molecular formula is C16H24ClNO4. The normalized spacial score (nSPS) is 10.6. The van der Waals surface area contributed by atoms with E-state index in [9.17, 15) is 4.79 Å². The molecule has 6 heteroatoms. The van der Waals surface area contributed by atoms with Crippen molar-refractivity contribution in [3.63, 3.8) is 0 Å². The van der Waals surface area contributed by atoms with E-state index in [0.29, 0.717) is 47.6 Å². The fourth-order valence-corrected chi connectivity index (χ4v) is 2.04. The number of ether oxygens (including phenoxy) is 2. The van der Waals surface area contributed by atoms with Crippen molar-refractivity contribution in [1.82, 2.24) is 5.32 Å². The van der Waals surface area contributed by atoms with E-state index in [4.69, 9.17) is 26.2 Å². The first-order valence-electron chi connectivity index (χ1n) is 7.39. The molecule has 0 saturated heterocycles. The lowest BCUT2D eigenvalue weighted by Crippen LogP contribution is -2.25. The zero-order chi connectivity index (χ0) is 16.5. The van der Waals surface area contributed by atoms with Crippen molar-refractivity contribution in [1.29, 1.82) is 0 Å². The van der Waals surface area contributed by atoms with E-state index in [2.05, 4.69) is 19.2 Å². The van der Waals surface area contributed by atoms with Crippen LogP contribution in [0.1, 0.15) is 37.0 Å². The molecule has 0 heterocycles. The molecule has 0 aliphatic rings. The SMILES string of the molecule is COc1cc(C(=O)NCCCO)cc(Cl)c1OCCC(C)C. The largest absolute Gasteiger partial charge is 0.493 e. The number of benzene rings is 1. The Morgan fingerprint density at radius 2 is 2.14 bits per heavy atom. The molecule has 0 bridgehead atoms. The summed E-state index contributed by atoms with van der Waals surface area (Å²) in [6, 6.07) is 3.16. The number of hydrogen-bond donors (Lipinski definition) is 2. The Morgan fingerprint density at radius 3 is 2.73 bits per heavy atom. The third-order valence-electron chi connectivity index (χ3n) is 3.05. The summed E-state index contributed by atoms with van der Waals surface area (Å²) in [5, 5.41) is 11.8. The van der Waals surface area contributed by atoms with Crippen LogP contribution >= 0.6 is 11.6 Å². The van der Waals surface area contributed by atoms with Crippen LogP contribution in [0.3, 0.4) is 0 Å². The summed E-state index contributed by atoms with van der Waals surface area (Å²) >= 11 is 6.21. The lowest BCUT2D eigenvalue weighted by molar-refractivity contribution is 0.0950. The van der Waals surface area contributed by atoms with Gasteiger partial charge >= 0.3 is 0 Å². The van der Waals surface area contributed by atoms with Crippen LogP contribution in [0.4, 0.5) is 0 Å². The van der Waals surface area contributed by atoms with Gasteiger partial charge in [-0.15, -0.1) is 0 Å². The Hall–Kier alpha value is -1.46. The van der Waals surface area contributed by atoms with Crippen molar-refractivity contribution in [2.24, 2.45) is 5.92 Å². The highest BCUT2D eigenvalue weighted by Gasteiger charge is 2.16. The zero-order valence-electron chi connectivity index (χ0n) is 13.3. The second kappa shape index (κ2) is 9.54. The number of aliphatic hydroxyl groups excluding tert-OH is 1. The van der Waals surface area contributed by atoms with E-state index in [1.165, 1.54) is 7.11 Å². The predicted octanol–water partition coefficient (Wildman–Crippen LogP) is 2.89. The molecule has 0 unspecified atom stereocenters. The quantitative estimate of drug-likeness (QED) is 0.684. The Morgan fingerprint density at radius 1 is 1.41 bits per heavy atom. The molecule has 1 amide bonds. The molecule has 0 aromatic heterocycles. The Kier molecular flexibility index (Phi) is 8.06. The van der Waals surface area contributed by atoms with Gasteiger partial charge in [0.25, 0.3) is 5.91 Å². The Balaban J connectivity index is 2.83. The second-order valence-corrected chi connectivity index (χ2v) is 5.76. The highest BCUT2D eigenvalue weighted by atomic mass is 35.5. The second-order valence-electron chi connectivity index (χ2n) is 5.35. The van der Waals surface area contributed by atoms with E-state index < -0.39 is 0 Å². The number of carbonyl (C=O) groups excluding carboxylic acids is 1. The maximum Gasteiger partial charge on any atom is 0.251 e. The van der Waals surface area contributed by atoms with Crippen molar-refractivity contribution < 1.29 is 19.4 Å². The summed E-state index contributed by atoms with van der Waals surface area (Å²) in [5.74, 6) is 1.16. The molecule has 0 atom stereocenters. The summed E-state index contributed by atoms with van der Waals surface area (Å²) in [6.07, 6.45) is 1.41. The molecule has 1 aromatic carbocycles. The highest BCUT2D eigenvalue weighted by molar-refractivity contribution is 6.32. The van der Waals surface area contributed by atoms with Gasteiger partial charge in [-0.05, 0) is 30.9 Å². The van der Waals surface area contributed by atoms with E-state index >= 15 is 0 Å². The third-order valence-corrected chi connectivity index (χ3v) is 3.33. The molecule has 0 fully saturated rings. The molecule has 124 valence electrons. The molecule has 5 nitrogen and oxygen atoms in total. The molecule has 0 saturated carbocycles. The van der Waals surface area contributed by atoms with E-state index in [0.717, 1.165) is 6.42 Å². The van der Waals surface area contributed by atoms with Gasteiger partial charge < -0.3 is 19.9 Å². The van der Waals surface area contributed by atoms with Gasteiger partial charge in [0.1, 0.15) is 0 Å². The average Bonchev–Trinajstić information content (AvgIpc) is 2.48. The molecule has 0 aliphatic carbocycles. The van der Waals surface area contributed by atoms with Crippen LogP contribution in [0.25, 0.3) is 0 Å². The van der Waals surface area contributed by atoms with Gasteiger partial charge in [0.05, 0.1) is 18.7 Å². The minimum Gasteiger partial charge on any atom is -0.493 e. The van der Waals surface area contributed by atoms with Gasteiger partial charge in [0.15, 0.2) is 11.5 Å². The highest BCUT2D eigenvalue weighted by Crippen LogP contribution is 2.36. The lowest BCUT2D eigenvalue weighted by Gasteiger charge is -2.15. The first kappa shape index (κ1) is 18.6. The maximum atomic E-state index is 12.0. The molecule has 2 N–H and O–H groups in total. The molecule has 0 radical (unpaired) electrons. The van der Waals surface area contributed by atoms with Crippen molar-refractivity contribution in [3.05, 3.63) is 22.7 Å². The van der Waals surface area contributed by atoms with Crippen molar-refractivity contribution in [3.8, 4) is 11.5 Å². The molecule has 0 aliphatic heterocycles. The first-order chi connectivity index (χ1) is 10.5. The van der Waals surface area contributed by atoms with E-state index in [1.54, 1.807) is 12.1 Å². The fourth-order valence-electron chi connectivity index (χ4n) is 1.77. The van der Waals surface area contributed by atoms with Crippen molar-refractivity contribution in [2.45, 2.75) is 26.7 Å². The molecule has 22 heavy (non-hydrogen) atoms. The van der Waals surface area contributed by atoms with Crippen molar-refractivity contribution in [2.75, 3.05) is 26.9 Å². The van der Waals surface area contributed by atoms with Crippen LogP contribution in [0.2, 0.25) is 5.02 Å². The summed E-state index contributed by atoms with van der Waals surface area (Å²) in [4.78, 5) is 12.0. The average molecular weight is 330 g/mol. The Bertz CT molecular complexity index is 491. The first-order valence-corrected chi connectivity index (χ1v) is 7.76. The number of aliphatic hydroxyl groups is 1. The topological polar surface area (TPSA) is 67.8 Å². The summed E-state index contributed by atoms with van der Waals surface area (Å²) < 4.78 is 11.0. The number of amides is 1. The number of nitrogens with one attached hydrogen (secondary N) is 1. The van der Waals surface area contributed by atoms with Gasteiger partial charge in [-0.25, -0.2) is 0 Å². The Labute approximate surface area is 136 Å². The number of halogens is 1. The van der Waals surface area contributed by atoms with Gasteiger partial charge in [-0.1, -0.05) is 25.4 Å².